The topological polar surface area (TPSA) is 55.0 Å². The zero-order valence-electron chi connectivity index (χ0n) is 10.4. The predicted molar refractivity (Wildman–Crippen MR) is 75.3 cm³/mol. The first-order valence-corrected chi connectivity index (χ1v) is 6.11. The Kier molecular flexibility index (Phi) is 3.67. The summed E-state index contributed by atoms with van der Waals surface area (Å²) in [5.74, 6) is 0.933. The number of aryl methyl sites for hydroxylation is 1. The van der Waals surface area contributed by atoms with Crippen LogP contribution in [0.25, 0.3) is 0 Å². The van der Waals surface area contributed by atoms with E-state index in [1.165, 1.54) is 11.9 Å². The molecule has 1 aromatic heterocycles. The van der Waals surface area contributed by atoms with Crippen LogP contribution in [0, 0.1) is 6.92 Å². The minimum absolute atomic E-state index is 0.298. The first kappa shape index (κ1) is 12.6. The summed E-state index contributed by atoms with van der Waals surface area (Å²) in [6.07, 6.45) is 1.42. The van der Waals surface area contributed by atoms with Gasteiger partial charge in [-0.05, 0) is 26.0 Å². The van der Waals surface area contributed by atoms with Gasteiger partial charge in [0.25, 0.3) is 0 Å². The maximum absolute atomic E-state index is 6.16. The predicted octanol–water partition coefficient (Wildman–Crippen LogP) is 3.18. The molecule has 0 aliphatic rings. The van der Waals surface area contributed by atoms with Gasteiger partial charge in [0.05, 0.1) is 0 Å². The standard InChI is InChI=1S/C13H15ClN4/c1-3-18(10-6-4-9(2)5-7-10)13-11(14)12(15)16-8-17-13/h4-8H,3H2,1-2H3,(H2,15,16,17). The summed E-state index contributed by atoms with van der Waals surface area (Å²) >= 11 is 6.16. The number of nitrogens with zero attached hydrogens (tertiary/aromatic N) is 3. The Hall–Kier alpha value is -1.81. The molecular weight excluding hydrogens is 248 g/mol. The number of hydrogen-bond acceptors (Lipinski definition) is 4. The lowest BCUT2D eigenvalue weighted by atomic mass is 10.2. The Balaban J connectivity index is 2.45. The fourth-order valence-electron chi connectivity index (χ4n) is 1.74. The minimum atomic E-state index is 0.298. The molecule has 0 fully saturated rings. The van der Waals surface area contributed by atoms with Gasteiger partial charge in [0.15, 0.2) is 5.82 Å². The Morgan fingerprint density at radius 3 is 2.50 bits per heavy atom. The molecule has 0 atom stereocenters. The van der Waals surface area contributed by atoms with Crippen molar-refractivity contribution in [2.75, 3.05) is 17.2 Å². The summed E-state index contributed by atoms with van der Waals surface area (Å²) in [5, 5.41) is 0.389. The van der Waals surface area contributed by atoms with Gasteiger partial charge in [0, 0.05) is 12.2 Å². The molecule has 94 valence electrons. The van der Waals surface area contributed by atoms with Crippen LogP contribution >= 0.6 is 11.6 Å². The van der Waals surface area contributed by atoms with Crippen LogP contribution in [0.1, 0.15) is 12.5 Å². The molecule has 0 saturated carbocycles. The van der Waals surface area contributed by atoms with E-state index in [1.54, 1.807) is 0 Å². The van der Waals surface area contributed by atoms with Gasteiger partial charge >= 0.3 is 0 Å². The summed E-state index contributed by atoms with van der Waals surface area (Å²) < 4.78 is 0. The molecule has 18 heavy (non-hydrogen) atoms. The molecule has 0 spiro atoms. The Labute approximate surface area is 111 Å². The third kappa shape index (κ3) is 2.38. The number of nitrogen functional groups attached to an aromatic ring is 1. The van der Waals surface area contributed by atoms with Crippen molar-refractivity contribution in [2.24, 2.45) is 0 Å². The third-order valence-corrected chi connectivity index (χ3v) is 3.08. The Bertz CT molecular complexity index is 539. The van der Waals surface area contributed by atoms with Crippen LogP contribution in [0.2, 0.25) is 5.02 Å². The number of anilines is 3. The van der Waals surface area contributed by atoms with Crippen LogP contribution < -0.4 is 10.6 Å². The van der Waals surface area contributed by atoms with Crippen LogP contribution in [0.3, 0.4) is 0 Å². The first-order chi connectivity index (χ1) is 8.63. The lowest BCUT2D eigenvalue weighted by Crippen LogP contribution is -2.18. The van der Waals surface area contributed by atoms with Gasteiger partial charge in [-0.2, -0.15) is 0 Å². The molecule has 0 amide bonds. The summed E-state index contributed by atoms with van der Waals surface area (Å²) in [7, 11) is 0. The average molecular weight is 263 g/mol. The van der Waals surface area contributed by atoms with Gasteiger partial charge in [0.2, 0.25) is 0 Å². The average Bonchev–Trinajstić information content (AvgIpc) is 2.37. The molecule has 0 unspecified atom stereocenters. The Morgan fingerprint density at radius 1 is 1.22 bits per heavy atom. The summed E-state index contributed by atoms with van der Waals surface area (Å²) in [6, 6.07) is 8.17. The van der Waals surface area contributed by atoms with E-state index >= 15 is 0 Å². The van der Waals surface area contributed by atoms with Gasteiger partial charge in [-0.3, -0.25) is 0 Å². The largest absolute Gasteiger partial charge is 0.382 e. The van der Waals surface area contributed by atoms with E-state index in [1.807, 2.05) is 24.0 Å². The molecule has 0 radical (unpaired) electrons. The molecule has 2 rings (SSSR count). The van der Waals surface area contributed by atoms with E-state index in [4.69, 9.17) is 17.3 Å². The lowest BCUT2D eigenvalue weighted by Gasteiger charge is -2.23. The van der Waals surface area contributed by atoms with Crippen LogP contribution in [0.15, 0.2) is 30.6 Å². The molecule has 0 aliphatic carbocycles. The molecule has 4 nitrogen and oxygen atoms in total. The van der Waals surface area contributed by atoms with E-state index in [9.17, 15) is 0 Å². The quantitative estimate of drug-likeness (QED) is 0.923. The van der Waals surface area contributed by atoms with E-state index in [0.717, 1.165) is 12.2 Å². The van der Waals surface area contributed by atoms with Crippen molar-refractivity contribution in [2.45, 2.75) is 13.8 Å². The van der Waals surface area contributed by atoms with Gasteiger partial charge < -0.3 is 10.6 Å². The highest BCUT2D eigenvalue weighted by Gasteiger charge is 2.14. The molecule has 0 aliphatic heterocycles. The van der Waals surface area contributed by atoms with Gasteiger partial charge in [0.1, 0.15) is 17.2 Å². The summed E-state index contributed by atoms with van der Waals surface area (Å²) in [6.45, 7) is 4.84. The molecule has 2 N–H and O–H groups in total. The van der Waals surface area contributed by atoms with E-state index in [0.29, 0.717) is 16.7 Å². The normalized spacial score (nSPS) is 10.4. The Morgan fingerprint density at radius 2 is 1.89 bits per heavy atom. The number of nitrogens with two attached hydrogens (primary N) is 1. The third-order valence-electron chi connectivity index (χ3n) is 2.72. The maximum Gasteiger partial charge on any atom is 0.157 e. The fourth-order valence-corrected chi connectivity index (χ4v) is 1.94. The first-order valence-electron chi connectivity index (χ1n) is 5.73. The highest BCUT2D eigenvalue weighted by Crippen LogP contribution is 2.31. The smallest absolute Gasteiger partial charge is 0.157 e. The van der Waals surface area contributed by atoms with Gasteiger partial charge in [-0.15, -0.1) is 0 Å². The van der Waals surface area contributed by atoms with Crippen molar-refractivity contribution in [3.63, 3.8) is 0 Å². The second-order valence-corrected chi connectivity index (χ2v) is 4.35. The van der Waals surface area contributed by atoms with Gasteiger partial charge in [-0.1, -0.05) is 29.3 Å². The van der Waals surface area contributed by atoms with E-state index in [2.05, 4.69) is 29.0 Å². The fraction of sp³-hybridized carbons (Fsp3) is 0.231. The maximum atomic E-state index is 6.16. The van der Waals surface area contributed by atoms with Crippen molar-refractivity contribution in [1.82, 2.24) is 9.97 Å². The molecular formula is C13H15ClN4. The van der Waals surface area contributed by atoms with Crippen molar-refractivity contribution in [3.8, 4) is 0 Å². The molecule has 1 heterocycles. The van der Waals surface area contributed by atoms with Crippen molar-refractivity contribution >= 4 is 28.9 Å². The zero-order chi connectivity index (χ0) is 13.1. The second kappa shape index (κ2) is 5.23. The summed E-state index contributed by atoms with van der Waals surface area (Å²) in [5.41, 5.74) is 7.95. The lowest BCUT2D eigenvalue weighted by molar-refractivity contribution is 0.978. The number of aromatic nitrogens is 2. The molecule has 5 heteroatoms. The molecule has 0 bridgehead atoms. The van der Waals surface area contributed by atoms with Crippen molar-refractivity contribution in [1.29, 1.82) is 0 Å². The van der Waals surface area contributed by atoms with Crippen molar-refractivity contribution < 1.29 is 0 Å². The van der Waals surface area contributed by atoms with Crippen LogP contribution in [0.5, 0.6) is 0 Å². The monoisotopic (exact) mass is 262 g/mol. The van der Waals surface area contributed by atoms with Crippen LogP contribution in [-0.4, -0.2) is 16.5 Å². The number of rotatable bonds is 3. The van der Waals surface area contributed by atoms with Crippen LogP contribution in [0.4, 0.5) is 17.3 Å². The highest BCUT2D eigenvalue weighted by atomic mass is 35.5. The van der Waals surface area contributed by atoms with Crippen molar-refractivity contribution in [3.05, 3.63) is 41.2 Å². The molecule has 2 aromatic rings. The van der Waals surface area contributed by atoms with E-state index < -0.39 is 0 Å². The van der Waals surface area contributed by atoms with Crippen LogP contribution in [-0.2, 0) is 0 Å². The summed E-state index contributed by atoms with van der Waals surface area (Å²) in [4.78, 5) is 10.1. The molecule has 0 saturated heterocycles. The zero-order valence-corrected chi connectivity index (χ0v) is 11.1. The van der Waals surface area contributed by atoms with Gasteiger partial charge in [-0.25, -0.2) is 9.97 Å². The minimum Gasteiger partial charge on any atom is -0.382 e. The number of halogens is 1. The number of benzene rings is 1. The highest BCUT2D eigenvalue weighted by molar-refractivity contribution is 6.35. The number of hydrogen-bond donors (Lipinski definition) is 1. The SMILES string of the molecule is CCN(c1ccc(C)cc1)c1ncnc(N)c1Cl. The second-order valence-electron chi connectivity index (χ2n) is 3.98. The van der Waals surface area contributed by atoms with E-state index in [-0.39, 0.29) is 0 Å². The molecule has 1 aromatic carbocycles.